The van der Waals surface area contributed by atoms with E-state index in [0.29, 0.717) is 0 Å². The van der Waals surface area contributed by atoms with Crippen molar-refractivity contribution in [2.75, 3.05) is 0 Å². The van der Waals surface area contributed by atoms with Gasteiger partial charge in [-0.15, -0.1) is 0 Å². The molecule has 0 spiro atoms. The van der Waals surface area contributed by atoms with E-state index in [1.165, 1.54) is 36.6 Å². The second kappa shape index (κ2) is 5.36. The third-order valence-electron chi connectivity index (χ3n) is 2.18. The second-order valence-electron chi connectivity index (χ2n) is 3.46. The molecule has 1 aromatic carbocycles. The fraction of sp³-hybridized carbons (Fsp3) is 0. The molecule has 0 bridgehead atoms. The van der Waals surface area contributed by atoms with E-state index in [1.54, 1.807) is 0 Å². The number of carbonyl (C=O) groups excluding carboxylic acids is 1. The summed E-state index contributed by atoms with van der Waals surface area (Å²) in [5.74, 6) is -0.946. The number of halogens is 2. The topological polar surface area (TPSA) is 76.4 Å². The van der Waals surface area contributed by atoms with Crippen molar-refractivity contribution in [2.45, 2.75) is 4.90 Å². The summed E-state index contributed by atoms with van der Waals surface area (Å²) >= 11 is 8.88. The summed E-state index contributed by atoms with van der Waals surface area (Å²) in [6.45, 7) is 0. The Kier molecular flexibility index (Phi) is 3.98. The molecular formula is C11H7BrClNO4S. The van der Waals surface area contributed by atoms with Gasteiger partial charge in [0, 0.05) is 0 Å². The van der Waals surface area contributed by atoms with E-state index in [0.717, 1.165) is 0 Å². The van der Waals surface area contributed by atoms with Crippen LogP contribution >= 0.6 is 27.5 Å². The predicted octanol–water partition coefficient (Wildman–Crippen LogP) is 2.81. The van der Waals surface area contributed by atoms with Crippen molar-refractivity contribution in [3.05, 3.63) is 51.9 Å². The first-order valence-electron chi connectivity index (χ1n) is 4.96. The van der Waals surface area contributed by atoms with Crippen LogP contribution in [0.3, 0.4) is 0 Å². The number of carbonyl (C=O) groups is 1. The molecule has 19 heavy (non-hydrogen) atoms. The largest absolute Gasteiger partial charge is 0.459 e. The quantitative estimate of drug-likeness (QED) is 0.908. The van der Waals surface area contributed by atoms with Gasteiger partial charge in [-0.1, -0.05) is 17.7 Å². The highest BCUT2D eigenvalue weighted by Crippen LogP contribution is 2.29. The van der Waals surface area contributed by atoms with Crippen LogP contribution in [-0.2, 0) is 10.0 Å². The van der Waals surface area contributed by atoms with Gasteiger partial charge in [-0.05, 0) is 40.2 Å². The van der Waals surface area contributed by atoms with Gasteiger partial charge in [0.15, 0.2) is 5.76 Å². The molecule has 1 N–H and O–H groups in total. The molecule has 100 valence electrons. The first-order valence-corrected chi connectivity index (χ1v) is 7.62. The first-order chi connectivity index (χ1) is 8.92. The van der Waals surface area contributed by atoms with Crippen molar-refractivity contribution >= 4 is 43.5 Å². The Morgan fingerprint density at radius 1 is 1.26 bits per heavy atom. The lowest BCUT2D eigenvalue weighted by molar-refractivity contribution is 0.0954. The van der Waals surface area contributed by atoms with E-state index >= 15 is 0 Å². The zero-order valence-corrected chi connectivity index (χ0v) is 12.4. The molecule has 0 aliphatic carbocycles. The van der Waals surface area contributed by atoms with Crippen LogP contribution in [0.25, 0.3) is 0 Å². The molecule has 0 aliphatic heterocycles. The molecule has 8 heteroatoms. The number of benzene rings is 1. The van der Waals surface area contributed by atoms with Crippen LogP contribution in [0.4, 0.5) is 0 Å². The Bertz CT molecular complexity index is 712. The molecule has 1 amide bonds. The lowest BCUT2D eigenvalue weighted by atomic mass is 10.4. The Hall–Kier alpha value is -1.31. The molecule has 0 radical (unpaired) electrons. The average Bonchev–Trinajstić information content (AvgIpc) is 2.85. The minimum atomic E-state index is -4.03. The van der Waals surface area contributed by atoms with Crippen LogP contribution < -0.4 is 4.72 Å². The fourth-order valence-corrected chi connectivity index (χ4v) is 3.52. The first kappa shape index (κ1) is 14.1. The average molecular weight is 365 g/mol. The minimum absolute atomic E-state index is 0.0956. The maximum atomic E-state index is 12.0. The zero-order valence-electron chi connectivity index (χ0n) is 9.26. The van der Waals surface area contributed by atoms with E-state index in [1.807, 2.05) is 4.72 Å². The van der Waals surface area contributed by atoms with Crippen molar-refractivity contribution in [1.29, 1.82) is 0 Å². The van der Waals surface area contributed by atoms with Gasteiger partial charge < -0.3 is 4.42 Å². The standard InChI is InChI=1S/C11H7BrClNO4S/c12-10-7(13)3-1-5-9(10)19(16,17)14-11(15)8-4-2-6-18-8/h1-6H,(H,14,15). The van der Waals surface area contributed by atoms with Gasteiger partial charge >= 0.3 is 5.91 Å². The van der Waals surface area contributed by atoms with Gasteiger partial charge in [-0.2, -0.15) is 0 Å². The van der Waals surface area contributed by atoms with Crippen molar-refractivity contribution in [1.82, 2.24) is 4.72 Å². The smallest absolute Gasteiger partial charge is 0.300 e. The number of sulfonamides is 1. The van der Waals surface area contributed by atoms with Crippen LogP contribution in [-0.4, -0.2) is 14.3 Å². The highest BCUT2D eigenvalue weighted by molar-refractivity contribution is 9.10. The van der Waals surface area contributed by atoms with E-state index in [4.69, 9.17) is 16.0 Å². The molecule has 0 saturated carbocycles. The van der Waals surface area contributed by atoms with Gasteiger partial charge in [-0.25, -0.2) is 13.1 Å². The van der Waals surface area contributed by atoms with Gasteiger partial charge in [0.25, 0.3) is 10.0 Å². The number of hydrogen-bond acceptors (Lipinski definition) is 4. The molecule has 1 heterocycles. The summed E-state index contributed by atoms with van der Waals surface area (Å²) in [6.07, 6.45) is 1.27. The third kappa shape index (κ3) is 2.99. The lowest BCUT2D eigenvalue weighted by Crippen LogP contribution is -2.30. The Labute approximate surface area is 122 Å². The molecule has 0 saturated heterocycles. The normalized spacial score (nSPS) is 11.3. The summed E-state index contributed by atoms with van der Waals surface area (Å²) in [4.78, 5) is 11.5. The summed E-state index contributed by atoms with van der Waals surface area (Å²) in [7, 11) is -4.03. The molecule has 2 aromatic rings. The van der Waals surface area contributed by atoms with Gasteiger partial charge in [-0.3, -0.25) is 4.79 Å². The minimum Gasteiger partial charge on any atom is -0.459 e. The van der Waals surface area contributed by atoms with E-state index in [2.05, 4.69) is 15.9 Å². The number of nitrogens with one attached hydrogen (secondary N) is 1. The molecule has 2 rings (SSSR count). The number of rotatable bonds is 3. The highest BCUT2D eigenvalue weighted by Gasteiger charge is 2.23. The second-order valence-corrected chi connectivity index (χ2v) is 6.31. The van der Waals surface area contributed by atoms with E-state index in [9.17, 15) is 13.2 Å². The summed E-state index contributed by atoms with van der Waals surface area (Å²) < 4.78 is 31.0. The highest BCUT2D eigenvalue weighted by atomic mass is 79.9. The molecule has 1 aromatic heterocycles. The van der Waals surface area contributed by atoms with Crippen LogP contribution in [0.1, 0.15) is 10.6 Å². The van der Waals surface area contributed by atoms with Gasteiger partial charge in [0.05, 0.1) is 15.8 Å². The maximum Gasteiger partial charge on any atom is 0.300 e. The van der Waals surface area contributed by atoms with Crippen LogP contribution in [0.2, 0.25) is 5.02 Å². The Morgan fingerprint density at radius 2 is 2.00 bits per heavy atom. The summed E-state index contributed by atoms with van der Waals surface area (Å²) in [5.41, 5.74) is 0. The molecule has 0 unspecified atom stereocenters. The fourth-order valence-electron chi connectivity index (χ4n) is 1.33. The predicted molar refractivity (Wildman–Crippen MR) is 72.5 cm³/mol. The molecule has 0 fully saturated rings. The molecule has 0 atom stereocenters. The molecule has 0 aliphatic rings. The maximum absolute atomic E-state index is 12.0. The molecular weight excluding hydrogens is 358 g/mol. The third-order valence-corrected chi connectivity index (χ3v) is 5.21. The van der Waals surface area contributed by atoms with E-state index in [-0.39, 0.29) is 20.2 Å². The summed E-state index contributed by atoms with van der Waals surface area (Å²) in [6, 6.07) is 7.17. The van der Waals surface area contributed by atoms with Crippen molar-refractivity contribution < 1.29 is 17.6 Å². The zero-order chi connectivity index (χ0) is 14.0. The van der Waals surface area contributed by atoms with E-state index < -0.39 is 15.9 Å². The SMILES string of the molecule is O=C(NS(=O)(=O)c1cccc(Cl)c1Br)c1ccco1. The number of furan rings is 1. The van der Waals surface area contributed by atoms with Crippen LogP contribution in [0.5, 0.6) is 0 Å². The van der Waals surface area contributed by atoms with Gasteiger partial charge in [0.1, 0.15) is 4.90 Å². The van der Waals surface area contributed by atoms with Crippen molar-refractivity contribution in [3.63, 3.8) is 0 Å². The van der Waals surface area contributed by atoms with Crippen molar-refractivity contribution in [2.24, 2.45) is 0 Å². The molecule has 5 nitrogen and oxygen atoms in total. The van der Waals surface area contributed by atoms with Crippen molar-refractivity contribution in [3.8, 4) is 0 Å². The summed E-state index contributed by atoms with van der Waals surface area (Å²) in [5, 5.41) is 0.230. The van der Waals surface area contributed by atoms with Crippen LogP contribution in [0, 0.1) is 0 Å². The number of amides is 1. The monoisotopic (exact) mass is 363 g/mol. The lowest BCUT2D eigenvalue weighted by Gasteiger charge is -2.08. The number of hydrogen-bond donors (Lipinski definition) is 1. The Balaban J connectivity index is 2.33. The Morgan fingerprint density at radius 3 is 2.63 bits per heavy atom. The van der Waals surface area contributed by atoms with Gasteiger partial charge in [0.2, 0.25) is 0 Å². The van der Waals surface area contributed by atoms with Crippen LogP contribution in [0.15, 0.2) is 50.4 Å².